The molecule has 0 aliphatic carbocycles. The Morgan fingerprint density at radius 1 is 0.978 bits per heavy atom. The van der Waals surface area contributed by atoms with E-state index in [9.17, 15) is 18.3 Å². The van der Waals surface area contributed by atoms with Crippen LogP contribution in [0.1, 0.15) is 35.3 Å². The number of likely N-dealkylation sites (N-methyl/N-ethyl adjacent to an activating group) is 1. The molecule has 0 saturated heterocycles. The second-order valence-electron chi connectivity index (χ2n) is 12.0. The maximum absolute atomic E-state index is 13.8. The van der Waals surface area contributed by atoms with Gasteiger partial charge in [0.25, 0.3) is 15.9 Å². The number of rotatable bonds is 10. The third-order valence-corrected chi connectivity index (χ3v) is 9.65. The number of aryl methyl sites for hydroxylation is 1. The Morgan fingerprint density at radius 2 is 1.64 bits per heavy atom. The lowest BCUT2D eigenvalue weighted by molar-refractivity contribution is 0.0341. The number of aliphatic hydroxyl groups excluding tert-OH is 1. The lowest BCUT2D eigenvalue weighted by Crippen LogP contribution is -2.49. The minimum absolute atomic E-state index is 0.0428. The van der Waals surface area contributed by atoms with Gasteiger partial charge in [0, 0.05) is 31.2 Å². The third kappa shape index (κ3) is 7.73. The minimum atomic E-state index is -3.87. The largest absolute Gasteiger partial charge is 0.488 e. The molecule has 5 rings (SSSR count). The molecular weight excluding hydrogens is 586 g/mol. The van der Waals surface area contributed by atoms with Crippen molar-refractivity contribution in [3.05, 3.63) is 114 Å². The molecule has 1 aliphatic rings. The Bertz CT molecular complexity index is 1710. The number of sulfonamides is 1. The summed E-state index contributed by atoms with van der Waals surface area (Å²) in [6.07, 6.45) is -0.270. The first-order valence-electron chi connectivity index (χ1n) is 15.2. The highest BCUT2D eigenvalue weighted by molar-refractivity contribution is 7.92. The lowest BCUT2D eigenvalue weighted by atomic mass is 9.99. The fraction of sp³-hybridized carbons (Fsp3) is 0.306. The fourth-order valence-corrected chi connectivity index (χ4v) is 6.60. The number of carbonyl (C=O) groups is 1. The number of amides is 1. The van der Waals surface area contributed by atoms with Crippen LogP contribution in [0.15, 0.2) is 102 Å². The lowest BCUT2D eigenvalue weighted by Gasteiger charge is -2.38. The van der Waals surface area contributed by atoms with Crippen molar-refractivity contribution in [2.24, 2.45) is 5.92 Å². The molecule has 2 N–H and O–H groups in total. The smallest absolute Gasteiger partial charge is 0.261 e. The number of ether oxygens (including phenoxy) is 1. The first-order chi connectivity index (χ1) is 21.5. The van der Waals surface area contributed by atoms with E-state index in [0.29, 0.717) is 25.4 Å². The van der Waals surface area contributed by atoms with E-state index >= 15 is 0 Å². The number of nitrogens with one attached hydrogen (secondary N) is 1. The molecule has 1 amide bonds. The van der Waals surface area contributed by atoms with Gasteiger partial charge in [-0.05, 0) is 67.9 Å². The summed E-state index contributed by atoms with van der Waals surface area (Å²) in [5.41, 5.74) is 4.96. The fourth-order valence-electron chi connectivity index (χ4n) is 5.55. The van der Waals surface area contributed by atoms with Crippen LogP contribution in [0, 0.1) is 12.8 Å². The maximum Gasteiger partial charge on any atom is 0.261 e. The van der Waals surface area contributed by atoms with Crippen molar-refractivity contribution in [2.75, 3.05) is 31.5 Å². The molecular formula is C36H41N3O5S. The molecule has 4 aromatic carbocycles. The third-order valence-electron chi connectivity index (χ3n) is 8.25. The molecule has 1 heterocycles. The molecule has 236 valence electrons. The average molecular weight is 628 g/mol. The SMILES string of the molecule is Cc1ccc(S(=O)(=O)Nc2ccc3c(c2)C(=O)N([C@@H](C)CO)C[C@@H](C)[C@@H](CN(C)Cc2ccc(-c4ccccc4)cc2)O3)cc1. The van der Waals surface area contributed by atoms with Crippen LogP contribution < -0.4 is 9.46 Å². The summed E-state index contributed by atoms with van der Waals surface area (Å²) >= 11 is 0. The molecule has 0 bridgehead atoms. The van der Waals surface area contributed by atoms with E-state index in [1.54, 1.807) is 48.2 Å². The number of nitrogens with zero attached hydrogens (tertiary/aromatic N) is 2. The van der Waals surface area contributed by atoms with Crippen molar-refractivity contribution in [1.82, 2.24) is 9.80 Å². The highest BCUT2D eigenvalue weighted by Crippen LogP contribution is 2.32. The van der Waals surface area contributed by atoms with Crippen LogP contribution in [-0.4, -0.2) is 68.1 Å². The molecule has 0 spiro atoms. The molecule has 8 nitrogen and oxygen atoms in total. The van der Waals surface area contributed by atoms with Crippen molar-refractivity contribution >= 4 is 21.6 Å². The van der Waals surface area contributed by atoms with E-state index in [0.717, 1.165) is 5.56 Å². The van der Waals surface area contributed by atoms with Gasteiger partial charge >= 0.3 is 0 Å². The van der Waals surface area contributed by atoms with Gasteiger partial charge in [0.2, 0.25) is 0 Å². The number of hydrogen-bond donors (Lipinski definition) is 2. The van der Waals surface area contributed by atoms with Gasteiger partial charge in [-0.2, -0.15) is 0 Å². The van der Waals surface area contributed by atoms with Crippen LogP contribution in [0.2, 0.25) is 0 Å². The number of fused-ring (bicyclic) bond motifs is 1. The monoisotopic (exact) mass is 627 g/mol. The number of aliphatic hydroxyl groups is 1. The van der Waals surface area contributed by atoms with Gasteiger partial charge in [-0.15, -0.1) is 0 Å². The van der Waals surface area contributed by atoms with Gasteiger partial charge in [-0.25, -0.2) is 8.42 Å². The van der Waals surface area contributed by atoms with Crippen LogP contribution in [0.4, 0.5) is 5.69 Å². The van der Waals surface area contributed by atoms with Crippen molar-refractivity contribution in [3.8, 4) is 16.9 Å². The van der Waals surface area contributed by atoms with Gasteiger partial charge in [-0.3, -0.25) is 14.4 Å². The Morgan fingerprint density at radius 3 is 2.31 bits per heavy atom. The zero-order valence-electron chi connectivity index (χ0n) is 26.2. The molecule has 9 heteroatoms. The van der Waals surface area contributed by atoms with Crippen LogP contribution in [0.5, 0.6) is 5.75 Å². The van der Waals surface area contributed by atoms with Crippen LogP contribution in [0.3, 0.4) is 0 Å². The van der Waals surface area contributed by atoms with E-state index in [2.05, 4.69) is 46.0 Å². The summed E-state index contributed by atoms with van der Waals surface area (Å²) in [6.45, 7) is 7.23. The summed E-state index contributed by atoms with van der Waals surface area (Å²) in [5, 5.41) is 10.00. The van der Waals surface area contributed by atoms with E-state index < -0.39 is 16.1 Å². The molecule has 0 aromatic heterocycles. The summed E-state index contributed by atoms with van der Waals surface area (Å²) in [7, 11) is -1.83. The number of carbonyl (C=O) groups excluding carboxylic acids is 1. The predicted octanol–water partition coefficient (Wildman–Crippen LogP) is 5.81. The van der Waals surface area contributed by atoms with Gasteiger partial charge in [0.15, 0.2) is 0 Å². The van der Waals surface area contributed by atoms with Crippen molar-refractivity contribution in [2.45, 2.75) is 44.4 Å². The highest BCUT2D eigenvalue weighted by Gasteiger charge is 2.33. The van der Waals surface area contributed by atoms with E-state index in [1.165, 1.54) is 22.8 Å². The van der Waals surface area contributed by atoms with Crippen LogP contribution in [0.25, 0.3) is 11.1 Å². The molecule has 0 saturated carbocycles. The van der Waals surface area contributed by atoms with Crippen LogP contribution >= 0.6 is 0 Å². The topological polar surface area (TPSA) is 99.2 Å². The minimum Gasteiger partial charge on any atom is -0.488 e. The molecule has 4 aromatic rings. The Hall–Kier alpha value is -4.18. The molecule has 0 unspecified atom stereocenters. The highest BCUT2D eigenvalue weighted by atomic mass is 32.2. The summed E-state index contributed by atoms with van der Waals surface area (Å²) in [4.78, 5) is 17.8. The van der Waals surface area contributed by atoms with E-state index in [-0.39, 0.29) is 40.7 Å². The zero-order valence-corrected chi connectivity index (χ0v) is 27.0. The standard InChI is InChI=1S/C36H41N3O5S/c1-25-10-17-32(18-11-25)45(42,43)37-31-16-19-34-33(20-31)36(41)39(27(3)24-40)21-26(2)35(44-34)23-38(4)22-28-12-14-30(15-13-28)29-8-6-5-7-9-29/h5-20,26-27,35,37,40H,21-24H2,1-4H3/t26-,27+,35-/m1/s1. The van der Waals surface area contributed by atoms with E-state index in [1.807, 2.05) is 39.1 Å². The first kappa shape index (κ1) is 32.2. The second-order valence-corrected chi connectivity index (χ2v) is 13.7. The molecule has 45 heavy (non-hydrogen) atoms. The van der Waals surface area contributed by atoms with Gasteiger partial charge in [0.1, 0.15) is 11.9 Å². The van der Waals surface area contributed by atoms with Gasteiger partial charge in [0.05, 0.1) is 23.1 Å². The Labute approximate surface area is 266 Å². The van der Waals surface area contributed by atoms with Crippen molar-refractivity contribution < 1.29 is 23.1 Å². The summed E-state index contributed by atoms with van der Waals surface area (Å²) < 4.78 is 35.3. The van der Waals surface area contributed by atoms with Crippen molar-refractivity contribution in [1.29, 1.82) is 0 Å². The molecule has 3 atom stereocenters. The summed E-state index contributed by atoms with van der Waals surface area (Å²) in [5.74, 6) is 0.0180. The van der Waals surface area contributed by atoms with Crippen molar-refractivity contribution in [3.63, 3.8) is 0 Å². The quantitative estimate of drug-likeness (QED) is 0.230. The van der Waals surface area contributed by atoms with E-state index in [4.69, 9.17) is 4.74 Å². The number of benzene rings is 4. The van der Waals surface area contributed by atoms with Gasteiger partial charge in [-0.1, -0.05) is 79.2 Å². The summed E-state index contributed by atoms with van der Waals surface area (Å²) in [6, 6.07) is 29.7. The maximum atomic E-state index is 13.8. The normalized spacial score (nSPS) is 17.6. The predicted molar refractivity (Wildman–Crippen MR) is 178 cm³/mol. The molecule has 0 fully saturated rings. The first-order valence-corrected chi connectivity index (χ1v) is 16.7. The Kier molecular flexibility index (Phi) is 9.92. The Balaban J connectivity index is 1.36. The van der Waals surface area contributed by atoms with Crippen LogP contribution in [-0.2, 0) is 16.6 Å². The molecule has 1 aliphatic heterocycles. The number of hydrogen-bond acceptors (Lipinski definition) is 6. The number of anilines is 1. The molecule has 0 radical (unpaired) electrons. The second kappa shape index (κ2) is 13.9. The van der Waals surface area contributed by atoms with Gasteiger partial charge < -0.3 is 14.7 Å². The zero-order chi connectivity index (χ0) is 32.1. The average Bonchev–Trinajstić information content (AvgIpc) is 3.03.